The monoisotopic (exact) mass is 287 g/mol. The van der Waals surface area contributed by atoms with Gasteiger partial charge in [-0.15, -0.1) is 0 Å². The van der Waals surface area contributed by atoms with Crippen LogP contribution in [0, 0.1) is 0 Å². The standard InChI is InChI=1S/C16H21N3S/c1-19(10-12-6-7-20-11-12)16-14(9-17)8-13-4-2-3-5-15(13)18-16/h6-8,11H,2-5,9-10,17H2,1H3. The molecule has 1 aliphatic carbocycles. The van der Waals surface area contributed by atoms with Gasteiger partial charge in [-0.05, 0) is 59.7 Å². The van der Waals surface area contributed by atoms with Crippen LogP contribution in [0.4, 0.5) is 5.82 Å². The molecule has 3 nitrogen and oxygen atoms in total. The maximum absolute atomic E-state index is 5.93. The van der Waals surface area contributed by atoms with Crippen LogP contribution in [0.1, 0.15) is 35.2 Å². The predicted molar refractivity (Wildman–Crippen MR) is 85.2 cm³/mol. The van der Waals surface area contributed by atoms with Gasteiger partial charge in [0.15, 0.2) is 0 Å². The quantitative estimate of drug-likeness (QED) is 0.939. The fraction of sp³-hybridized carbons (Fsp3) is 0.438. The number of nitrogens with zero attached hydrogens (tertiary/aromatic N) is 2. The van der Waals surface area contributed by atoms with E-state index in [0.717, 1.165) is 25.2 Å². The average molecular weight is 287 g/mol. The Morgan fingerprint density at radius 1 is 1.35 bits per heavy atom. The number of pyridine rings is 1. The van der Waals surface area contributed by atoms with E-state index in [2.05, 4.69) is 34.8 Å². The lowest BCUT2D eigenvalue weighted by Gasteiger charge is -2.24. The van der Waals surface area contributed by atoms with E-state index in [0.29, 0.717) is 6.54 Å². The topological polar surface area (TPSA) is 42.2 Å². The first-order valence-corrected chi connectivity index (χ1v) is 8.16. The second kappa shape index (κ2) is 5.94. The maximum Gasteiger partial charge on any atom is 0.133 e. The SMILES string of the molecule is CN(Cc1ccsc1)c1nc2c(cc1CN)CCCC2. The van der Waals surface area contributed by atoms with Crippen molar-refractivity contribution in [3.63, 3.8) is 0 Å². The van der Waals surface area contributed by atoms with E-state index >= 15 is 0 Å². The third-order valence-corrected chi connectivity index (χ3v) is 4.67. The first kappa shape index (κ1) is 13.6. The predicted octanol–water partition coefficient (Wildman–Crippen LogP) is 3.12. The summed E-state index contributed by atoms with van der Waals surface area (Å²) in [5.41, 5.74) is 11.1. The van der Waals surface area contributed by atoms with Crippen molar-refractivity contribution >= 4 is 17.2 Å². The van der Waals surface area contributed by atoms with Crippen molar-refractivity contribution in [1.29, 1.82) is 0 Å². The van der Waals surface area contributed by atoms with Crippen LogP contribution >= 0.6 is 11.3 Å². The highest BCUT2D eigenvalue weighted by molar-refractivity contribution is 7.07. The summed E-state index contributed by atoms with van der Waals surface area (Å²) in [6.07, 6.45) is 4.81. The molecule has 4 heteroatoms. The van der Waals surface area contributed by atoms with Crippen molar-refractivity contribution < 1.29 is 0 Å². The van der Waals surface area contributed by atoms with Crippen LogP contribution in [-0.2, 0) is 25.9 Å². The molecule has 0 amide bonds. The number of aromatic nitrogens is 1. The van der Waals surface area contributed by atoms with Gasteiger partial charge in [-0.1, -0.05) is 0 Å². The minimum absolute atomic E-state index is 0.559. The largest absolute Gasteiger partial charge is 0.355 e. The van der Waals surface area contributed by atoms with Crippen molar-refractivity contribution in [2.24, 2.45) is 5.73 Å². The van der Waals surface area contributed by atoms with Gasteiger partial charge in [0.2, 0.25) is 0 Å². The Morgan fingerprint density at radius 2 is 2.20 bits per heavy atom. The van der Waals surface area contributed by atoms with Crippen molar-refractivity contribution in [3.8, 4) is 0 Å². The van der Waals surface area contributed by atoms with E-state index in [1.807, 2.05) is 0 Å². The van der Waals surface area contributed by atoms with Crippen LogP contribution < -0.4 is 10.6 Å². The summed E-state index contributed by atoms with van der Waals surface area (Å²) in [4.78, 5) is 7.14. The molecular weight excluding hydrogens is 266 g/mol. The smallest absolute Gasteiger partial charge is 0.133 e. The molecule has 0 radical (unpaired) electrons. The molecule has 0 saturated carbocycles. The summed E-state index contributed by atoms with van der Waals surface area (Å²) < 4.78 is 0. The molecule has 20 heavy (non-hydrogen) atoms. The number of rotatable bonds is 4. The Balaban J connectivity index is 1.90. The van der Waals surface area contributed by atoms with E-state index in [9.17, 15) is 0 Å². The summed E-state index contributed by atoms with van der Waals surface area (Å²) in [7, 11) is 2.11. The second-order valence-corrected chi connectivity index (χ2v) is 6.26. The molecule has 106 valence electrons. The summed E-state index contributed by atoms with van der Waals surface area (Å²) >= 11 is 1.74. The third kappa shape index (κ3) is 2.72. The zero-order valence-corrected chi connectivity index (χ0v) is 12.7. The third-order valence-electron chi connectivity index (χ3n) is 3.94. The number of hydrogen-bond acceptors (Lipinski definition) is 4. The van der Waals surface area contributed by atoms with Gasteiger partial charge in [0.25, 0.3) is 0 Å². The van der Waals surface area contributed by atoms with E-state index in [1.165, 1.54) is 35.2 Å². The molecule has 2 heterocycles. The van der Waals surface area contributed by atoms with Gasteiger partial charge < -0.3 is 10.6 Å². The molecule has 2 aromatic rings. The zero-order valence-electron chi connectivity index (χ0n) is 11.9. The molecule has 2 N–H and O–H groups in total. The Hall–Kier alpha value is -1.39. The van der Waals surface area contributed by atoms with E-state index in [1.54, 1.807) is 11.3 Å². The summed E-state index contributed by atoms with van der Waals surface area (Å²) in [6.45, 7) is 1.45. The fourth-order valence-corrected chi connectivity index (χ4v) is 3.54. The molecule has 3 rings (SSSR count). The van der Waals surface area contributed by atoms with Crippen LogP contribution in [0.25, 0.3) is 0 Å². The number of nitrogens with two attached hydrogens (primary N) is 1. The lowest BCUT2D eigenvalue weighted by molar-refractivity contribution is 0.663. The minimum Gasteiger partial charge on any atom is -0.355 e. The molecule has 2 aromatic heterocycles. The van der Waals surface area contributed by atoms with E-state index in [4.69, 9.17) is 10.7 Å². The summed E-state index contributed by atoms with van der Waals surface area (Å²) in [6, 6.07) is 4.45. The normalized spacial score (nSPS) is 14.1. The first-order valence-electron chi connectivity index (χ1n) is 7.22. The van der Waals surface area contributed by atoms with Gasteiger partial charge in [0.1, 0.15) is 5.82 Å². The number of thiophene rings is 1. The second-order valence-electron chi connectivity index (χ2n) is 5.48. The highest BCUT2D eigenvalue weighted by Crippen LogP contribution is 2.27. The molecule has 0 aliphatic heterocycles. The highest BCUT2D eigenvalue weighted by Gasteiger charge is 2.16. The first-order chi connectivity index (χ1) is 9.78. The van der Waals surface area contributed by atoms with Crippen LogP contribution in [0.2, 0.25) is 0 Å². The van der Waals surface area contributed by atoms with Crippen LogP contribution in [-0.4, -0.2) is 12.0 Å². The van der Waals surface area contributed by atoms with Gasteiger partial charge in [-0.25, -0.2) is 4.98 Å². The number of hydrogen-bond donors (Lipinski definition) is 1. The van der Waals surface area contributed by atoms with Crippen molar-refractivity contribution in [2.45, 2.75) is 38.8 Å². The Labute approximate surface area is 124 Å². The number of anilines is 1. The molecule has 0 bridgehead atoms. The summed E-state index contributed by atoms with van der Waals surface area (Å²) in [5, 5.41) is 4.31. The zero-order chi connectivity index (χ0) is 13.9. The van der Waals surface area contributed by atoms with Gasteiger partial charge in [-0.3, -0.25) is 0 Å². The summed E-state index contributed by atoms with van der Waals surface area (Å²) in [5.74, 6) is 1.05. The lowest BCUT2D eigenvalue weighted by Crippen LogP contribution is -2.22. The maximum atomic E-state index is 5.93. The molecule has 0 aromatic carbocycles. The Morgan fingerprint density at radius 3 is 2.95 bits per heavy atom. The van der Waals surface area contributed by atoms with Crippen molar-refractivity contribution in [1.82, 2.24) is 4.98 Å². The van der Waals surface area contributed by atoms with Crippen molar-refractivity contribution in [2.75, 3.05) is 11.9 Å². The van der Waals surface area contributed by atoms with Gasteiger partial charge in [-0.2, -0.15) is 11.3 Å². The van der Waals surface area contributed by atoms with Crippen molar-refractivity contribution in [3.05, 3.63) is 45.3 Å². The fourth-order valence-electron chi connectivity index (χ4n) is 2.88. The Bertz CT molecular complexity index is 578. The van der Waals surface area contributed by atoms with E-state index in [-0.39, 0.29) is 0 Å². The van der Waals surface area contributed by atoms with Crippen LogP contribution in [0.3, 0.4) is 0 Å². The Kier molecular flexibility index (Phi) is 4.03. The lowest BCUT2D eigenvalue weighted by atomic mass is 9.94. The minimum atomic E-state index is 0.559. The highest BCUT2D eigenvalue weighted by atomic mass is 32.1. The molecule has 0 atom stereocenters. The van der Waals surface area contributed by atoms with Gasteiger partial charge in [0.05, 0.1) is 0 Å². The van der Waals surface area contributed by atoms with Gasteiger partial charge >= 0.3 is 0 Å². The molecule has 0 fully saturated rings. The molecule has 0 spiro atoms. The number of fused-ring (bicyclic) bond motifs is 1. The molecular formula is C16H21N3S. The van der Waals surface area contributed by atoms with Crippen LogP contribution in [0.15, 0.2) is 22.9 Å². The van der Waals surface area contributed by atoms with Gasteiger partial charge in [0, 0.05) is 31.4 Å². The molecule has 0 saturated heterocycles. The average Bonchev–Trinajstić information content (AvgIpc) is 2.98. The number of aryl methyl sites for hydroxylation is 2. The van der Waals surface area contributed by atoms with E-state index < -0.39 is 0 Å². The molecule has 0 unspecified atom stereocenters. The van der Waals surface area contributed by atoms with Crippen LogP contribution in [0.5, 0.6) is 0 Å². The molecule has 1 aliphatic rings.